The summed E-state index contributed by atoms with van der Waals surface area (Å²) in [6.45, 7) is 7.11. The van der Waals surface area contributed by atoms with Crippen LogP contribution in [0, 0.1) is 5.92 Å². The number of hydrogen-bond acceptors (Lipinski definition) is 8. The van der Waals surface area contributed by atoms with Gasteiger partial charge < -0.3 is 24.4 Å². The molecule has 0 bridgehead atoms. The van der Waals surface area contributed by atoms with Crippen molar-refractivity contribution < 1.29 is 23.4 Å². The third-order valence-electron chi connectivity index (χ3n) is 7.53. The molecule has 2 fully saturated rings. The molecule has 0 spiro atoms. The molecule has 0 unspecified atom stereocenters. The first-order chi connectivity index (χ1) is 18.7. The van der Waals surface area contributed by atoms with Crippen LogP contribution in [0.1, 0.15) is 51.8 Å². The van der Waals surface area contributed by atoms with Gasteiger partial charge in [0.05, 0.1) is 36.5 Å². The number of hydrogen-bond donors (Lipinski definition) is 1. The van der Waals surface area contributed by atoms with E-state index in [9.17, 15) is 13.9 Å². The van der Waals surface area contributed by atoms with Crippen molar-refractivity contribution in [3.05, 3.63) is 36.2 Å². The molecule has 0 radical (unpaired) electrons. The molecule has 1 aromatic carbocycles. The van der Waals surface area contributed by atoms with Gasteiger partial charge in [0.1, 0.15) is 5.82 Å². The van der Waals surface area contributed by atoms with Crippen LogP contribution in [0.2, 0.25) is 0 Å². The van der Waals surface area contributed by atoms with Gasteiger partial charge in [0.25, 0.3) is 6.43 Å². The number of morpholine rings is 1. The molecule has 212 valence electrons. The highest BCUT2D eigenvalue weighted by Gasteiger charge is 2.28. The SMILES string of the molecule is CN(CC(C)(C)O)C1CCC(COc2cc(-n3c(C(F)F)nc4ccccc43)nc(N3CCOCC3)n2)CC1. The van der Waals surface area contributed by atoms with E-state index in [1.165, 1.54) is 4.57 Å². The Hall–Kier alpha value is -2.89. The monoisotopic (exact) mass is 544 g/mol. The Kier molecular flexibility index (Phi) is 8.29. The summed E-state index contributed by atoms with van der Waals surface area (Å²) in [7, 11) is 2.07. The number of alkyl halides is 2. The summed E-state index contributed by atoms with van der Waals surface area (Å²) in [5, 5.41) is 10.2. The van der Waals surface area contributed by atoms with Crippen LogP contribution in [0.3, 0.4) is 0 Å². The van der Waals surface area contributed by atoms with Gasteiger partial charge in [0.15, 0.2) is 5.82 Å². The molecule has 1 aliphatic heterocycles. The Morgan fingerprint density at radius 2 is 1.82 bits per heavy atom. The Balaban J connectivity index is 1.36. The third kappa shape index (κ3) is 6.64. The number of benzene rings is 1. The van der Waals surface area contributed by atoms with Crippen LogP contribution >= 0.6 is 0 Å². The van der Waals surface area contributed by atoms with E-state index in [4.69, 9.17) is 9.47 Å². The summed E-state index contributed by atoms with van der Waals surface area (Å²) in [6.07, 6.45) is 1.32. The van der Waals surface area contributed by atoms with Gasteiger partial charge in [-0.2, -0.15) is 9.97 Å². The highest BCUT2D eigenvalue weighted by atomic mass is 19.3. The highest BCUT2D eigenvalue weighted by Crippen LogP contribution is 2.31. The third-order valence-corrected chi connectivity index (χ3v) is 7.53. The Bertz CT molecular complexity index is 1250. The van der Waals surface area contributed by atoms with Crippen molar-refractivity contribution in [2.45, 2.75) is 57.6 Å². The van der Waals surface area contributed by atoms with E-state index in [-0.39, 0.29) is 5.82 Å². The molecule has 3 aromatic rings. The maximum absolute atomic E-state index is 14.1. The average Bonchev–Trinajstić information content (AvgIpc) is 3.32. The van der Waals surface area contributed by atoms with E-state index in [0.717, 1.165) is 25.7 Å². The van der Waals surface area contributed by atoms with E-state index in [1.807, 2.05) is 18.7 Å². The number of halogens is 2. The van der Waals surface area contributed by atoms with Crippen molar-refractivity contribution in [2.24, 2.45) is 5.92 Å². The zero-order chi connectivity index (χ0) is 27.6. The zero-order valence-electron chi connectivity index (χ0n) is 22.9. The van der Waals surface area contributed by atoms with Crippen molar-refractivity contribution in [1.82, 2.24) is 24.4 Å². The fraction of sp³-hybridized carbons (Fsp3) is 0.607. The number of aliphatic hydroxyl groups is 1. The van der Waals surface area contributed by atoms with Crippen LogP contribution < -0.4 is 9.64 Å². The highest BCUT2D eigenvalue weighted by molar-refractivity contribution is 5.78. The van der Waals surface area contributed by atoms with Gasteiger partial charge in [-0.3, -0.25) is 4.57 Å². The number of nitrogens with zero attached hydrogens (tertiary/aromatic N) is 6. The molecule has 0 amide bonds. The molecular formula is C28H38F2N6O3. The summed E-state index contributed by atoms with van der Waals surface area (Å²) < 4.78 is 41.3. The molecule has 2 aromatic heterocycles. The quantitative estimate of drug-likeness (QED) is 0.428. The number of fused-ring (bicyclic) bond motifs is 1. The average molecular weight is 545 g/mol. The number of likely N-dealkylation sites (N-methyl/N-ethyl adjacent to an activating group) is 1. The molecule has 1 N–H and O–H groups in total. The second-order valence-electron chi connectivity index (χ2n) is 11.3. The van der Waals surface area contributed by atoms with Crippen molar-refractivity contribution >= 4 is 17.0 Å². The lowest BCUT2D eigenvalue weighted by Crippen LogP contribution is -2.43. The molecule has 1 saturated carbocycles. The Morgan fingerprint density at radius 3 is 2.51 bits per heavy atom. The first-order valence-corrected chi connectivity index (χ1v) is 13.7. The lowest BCUT2D eigenvalue weighted by Gasteiger charge is -2.37. The van der Waals surface area contributed by atoms with E-state index in [1.54, 1.807) is 30.3 Å². The predicted molar refractivity (Wildman–Crippen MR) is 145 cm³/mol. The van der Waals surface area contributed by atoms with Crippen LogP contribution in [0.5, 0.6) is 5.88 Å². The molecule has 39 heavy (non-hydrogen) atoms. The van der Waals surface area contributed by atoms with Crippen molar-refractivity contribution in [2.75, 3.05) is 51.4 Å². The maximum Gasteiger partial charge on any atom is 0.296 e. The van der Waals surface area contributed by atoms with Gasteiger partial charge >= 0.3 is 0 Å². The van der Waals surface area contributed by atoms with Crippen LogP contribution in [-0.4, -0.2) is 87.7 Å². The minimum Gasteiger partial charge on any atom is -0.477 e. The molecule has 3 heterocycles. The first-order valence-electron chi connectivity index (χ1n) is 13.7. The van der Waals surface area contributed by atoms with Gasteiger partial charge in [-0.25, -0.2) is 13.8 Å². The number of ether oxygens (including phenoxy) is 2. The molecule has 2 aliphatic rings. The van der Waals surface area contributed by atoms with Crippen LogP contribution in [-0.2, 0) is 4.74 Å². The van der Waals surface area contributed by atoms with Crippen molar-refractivity contribution in [3.8, 4) is 11.7 Å². The van der Waals surface area contributed by atoms with Crippen LogP contribution in [0.15, 0.2) is 30.3 Å². The largest absolute Gasteiger partial charge is 0.477 e. The Labute approximate surface area is 227 Å². The fourth-order valence-corrected chi connectivity index (χ4v) is 5.62. The van der Waals surface area contributed by atoms with Gasteiger partial charge in [0.2, 0.25) is 11.8 Å². The Morgan fingerprint density at radius 1 is 1.10 bits per heavy atom. The second kappa shape index (κ2) is 11.7. The van der Waals surface area contributed by atoms with Crippen molar-refractivity contribution in [3.63, 3.8) is 0 Å². The fourth-order valence-electron chi connectivity index (χ4n) is 5.62. The smallest absolute Gasteiger partial charge is 0.296 e. The van der Waals surface area contributed by atoms with Gasteiger partial charge in [-0.05, 0) is 64.6 Å². The number of rotatable bonds is 9. The van der Waals surface area contributed by atoms with Gasteiger partial charge in [0, 0.05) is 31.7 Å². The molecule has 1 aliphatic carbocycles. The molecule has 1 saturated heterocycles. The summed E-state index contributed by atoms with van der Waals surface area (Å²) in [5.74, 6) is 1.11. The van der Waals surface area contributed by atoms with Gasteiger partial charge in [-0.1, -0.05) is 12.1 Å². The standard InChI is InChI=1S/C28H38F2N6O3/c1-28(2,37)18-34(3)20-10-8-19(9-11-20)17-39-24-16-23(32-27(33-24)35-12-14-38-15-13-35)36-22-7-5-4-6-21(22)31-26(36)25(29)30/h4-7,16,19-20,25,37H,8-15,17-18H2,1-3H3. The van der Waals surface area contributed by atoms with E-state index >= 15 is 0 Å². The predicted octanol–water partition coefficient (Wildman–Crippen LogP) is 4.23. The minimum absolute atomic E-state index is 0.308. The number of anilines is 1. The van der Waals surface area contributed by atoms with Crippen LogP contribution in [0.4, 0.5) is 14.7 Å². The molecule has 9 nitrogen and oxygen atoms in total. The number of para-hydroxylation sites is 2. The number of imidazole rings is 1. The summed E-state index contributed by atoms with van der Waals surface area (Å²) >= 11 is 0. The van der Waals surface area contributed by atoms with E-state index < -0.39 is 12.0 Å². The molecule has 11 heteroatoms. The molecular weight excluding hydrogens is 506 g/mol. The maximum atomic E-state index is 14.1. The molecule has 5 rings (SSSR count). The first kappa shape index (κ1) is 27.7. The zero-order valence-corrected chi connectivity index (χ0v) is 22.9. The second-order valence-corrected chi connectivity index (χ2v) is 11.3. The topological polar surface area (TPSA) is 88.8 Å². The summed E-state index contributed by atoms with van der Waals surface area (Å²) in [5.41, 5.74) is 0.314. The molecule has 0 atom stereocenters. The minimum atomic E-state index is -2.77. The van der Waals surface area contributed by atoms with E-state index in [0.29, 0.717) is 80.1 Å². The van der Waals surface area contributed by atoms with E-state index in [2.05, 4.69) is 26.9 Å². The summed E-state index contributed by atoms with van der Waals surface area (Å²) in [4.78, 5) is 17.8. The normalized spacial score (nSPS) is 20.8. The van der Waals surface area contributed by atoms with Crippen LogP contribution in [0.25, 0.3) is 16.9 Å². The number of aromatic nitrogens is 4. The van der Waals surface area contributed by atoms with Crippen molar-refractivity contribution in [1.29, 1.82) is 0 Å². The lowest BCUT2D eigenvalue weighted by molar-refractivity contribution is 0.0206. The lowest BCUT2D eigenvalue weighted by atomic mass is 9.85. The summed E-state index contributed by atoms with van der Waals surface area (Å²) in [6, 6.07) is 9.13. The van der Waals surface area contributed by atoms with Gasteiger partial charge in [-0.15, -0.1) is 0 Å².